The monoisotopic (exact) mass is 466 g/mol. The number of hydrogen-bond donors (Lipinski definition) is 1. The van der Waals surface area contributed by atoms with E-state index in [0.717, 1.165) is 16.5 Å². The number of carboxylic acids is 1. The smallest absolute Gasteiger partial charge is 0.309 e. The molecule has 3 atom stereocenters. The van der Waals surface area contributed by atoms with E-state index in [0.29, 0.717) is 42.3 Å². The third kappa shape index (κ3) is 4.77. The van der Waals surface area contributed by atoms with Crippen LogP contribution in [0.4, 0.5) is 0 Å². The van der Waals surface area contributed by atoms with Crippen molar-refractivity contribution >= 4 is 27.9 Å². The topological polar surface area (TPSA) is 108 Å². The Hall–Kier alpha value is -3.22. The van der Waals surface area contributed by atoms with E-state index >= 15 is 0 Å². The van der Waals surface area contributed by atoms with E-state index in [-0.39, 0.29) is 12.5 Å². The molecule has 0 aliphatic carbocycles. The summed E-state index contributed by atoms with van der Waals surface area (Å²) in [4.78, 5) is 12.0. The highest BCUT2D eigenvalue weighted by molar-refractivity contribution is 7.82. The Labute approximate surface area is 195 Å². The zero-order valence-electron chi connectivity index (χ0n) is 18.6. The SMILES string of the molecule is CCOc1ccc(S(=O)N2CCC(n3nc(CC(=O)O)c4ccc(C)cc43)CC2C#N)cc1. The number of fused-ring (bicyclic) bond motifs is 1. The maximum absolute atomic E-state index is 13.2. The van der Waals surface area contributed by atoms with E-state index in [1.807, 2.05) is 36.7 Å². The van der Waals surface area contributed by atoms with Gasteiger partial charge >= 0.3 is 5.97 Å². The van der Waals surface area contributed by atoms with E-state index in [1.165, 1.54) is 0 Å². The van der Waals surface area contributed by atoms with Crippen LogP contribution in [0.5, 0.6) is 5.75 Å². The third-order valence-electron chi connectivity index (χ3n) is 5.83. The van der Waals surface area contributed by atoms with Gasteiger partial charge in [0, 0.05) is 11.9 Å². The quantitative estimate of drug-likeness (QED) is 0.570. The Morgan fingerprint density at radius 3 is 2.73 bits per heavy atom. The molecule has 1 fully saturated rings. The van der Waals surface area contributed by atoms with Gasteiger partial charge in [-0.25, -0.2) is 8.51 Å². The highest BCUT2D eigenvalue weighted by atomic mass is 32.2. The van der Waals surface area contributed by atoms with E-state index in [1.54, 1.807) is 28.6 Å². The lowest BCUT2D eigenvalue weighted by Gasteiger charge is -2.35. The number of rotatable bonds is 7. The molecule has 1 aliphatic heterocycles. The first-order valence-electron chi connectivity index (χ1n) is 10.9. The van der Waals surface area contributed by atoms with Crippen LogP contribution in [0.1, 0.15) is 37.1 Å². The first-order valence-corrected chi connectivity index (χ1v) is 12.0. The number of nitriles is 1. The van der Waals surface area contributed by atoms with Gasteiger partial charge in [0.2, 0.25) is 0 Å². The molecule has 3 unspecified atom stereocenters. The van der Waals surface area contributed by atoms with Crippen molar-refractivity contribution in [2.24, 2.45) is 0 Å². The molecule has 2 heterocycles. The summed E-state index contributed by atoms with van der Waals surface area (Å²) in [7, 11) is -1.47. The number of aliphatic carboxylic acids is 1. The molecule has 3 aromatic rings. The van der Waals surface area contributed by atoms with Crippen molar-refractivity contribution in [3.63, 3.8) is 0 Å². The van der Waals surface area contributed by atoms with Crippen LogP contribution in [-0.4, -0.2) is 48.6 Å². The van der Waals surface area contributed by atoms with Gasteiger partial charge in [0.15, 0.2) is 0 Å². The summed E-state index contributed by atoms with van der Waals surface area (Å²) in [6.45, 7) is 4.91. The van der Waals surface area contributed by atoms with Gasteiger partial charge < -0.3 is 9.84 Å². The molecular weight excluding hydrogens is 440 g/mol. The second-order valence-corrected chi connectivity index (χ2v) is 9.54. The predicted molar refractivity (Wildman–Crippen MR) is 124 cm³/mol. The molecule has 172 valence electrons. The minimum absolute atomic E-state index is 0.0879. The van der Waals surface area contributed by atoms with E-state index < -0.39 is 23.0 Å². The molecule has 0 spiro atoms. The molecule has 33 heavy (non-hydrogen) atoms. The van der Waals surface area contributed by atoms with Crippen molar-refractivity contribution in [3.05, 3.63) is 53.7 Å². The van der Waals surface area contributed by atoms with Gasteiger partial charge in [0.1, 0.15) is 22.8 Å². The van der Waals surface area contributed by atoms with Crippen molar-refractivity contribution in [3.8, 4) is 11.8 Å². The number of benzene rings is 2. The number of carbonyl (C=O) groups is 1. The Balaban J connectivity index is 1.58. The highest BCUT2D eigenvalue weighted by Crippen LogP contribution is 2.33. The summed E-state index contributed by atoms with van der Waals surface area (Å²) in [6, 6.07) is 14.6. The second-order valence-electron chi connectivity index (χ2n) is 8.10. The lowest BCUT2D eigenvalue weighted by Crippen LogP contribution is -2.43. The minimum atomic E-state index is -1.47. The Morgan fingerprint density at radius 1 is 1.30 bits per heavy atom. The van der Waals surface area contributed by atoms with Crippen molar-refractivity contribution in [2.45, 2.75) is 50.1 Å². The van der Waals surface area contributed by atoms with Crippen molar-refractivity contribution in [2.75, 3.05) is 13.2 Å². The molecule has 0 saturated carbocycles. The van der Waals surface area contributed by atoms with Gasteiger partial charge in [-0.15, -0.1) is 0 Å². The van der Waals surface area contributed by atoms with Crippen LogP contribution in [0.2, 0.25) is 0 Å². The average Bonchev–Trinajstić information content (AvgIpc) is 3.15. The summed E-state index contributed by atoms with van der Waals surface area (Å²) < 4.78 is 22.3. The summed E-state index contributed by atoms with van der Waals surface area (Å²) >= 11 is 0. The van der Waals surface area contributed by atoms with Crippen LogP contribution in [0, 0.1) is 18.3 Å². The zero-order valence-corrected chi connectivity index (χ0v) is 19.4. The fourth-order valence-corrected chi connectivity index (χ4v) is 5.56. The fourth-order valence-electron chi connectivity index (χ4n) is 4.28. The van der Waals surface area contributed by atoms with Crippen molar-refractivity contribution in [1.82, 2.24) is 14.1 Å². The van der Waals surface area contributed by atoms with E-state index in [2.05, 4.69) is 11.2 Å². The standard InChI is InChI=1S/C24H26N4O4S/c1-3-32-19-5-7-20(8-6-19)33(31)27-11-10-17(13-18(27)15-25)28-23-12-16(2)4-9-21(23)22(26-28)14-24(29)30/h4-9,12,17-18H,3,10-11,13-14H2,1-2H3,(H,29,30). The zero-order chi connectivity index (χ0) is 23.5. The number of carboxylic acid groups (broad SMARTS) is 1. The first-order chi connectivity index (χ1) is 15.9. The van der Waals surface area contributed by atoms with Crippen LogP contribution in [0.25, 0.3) is 10.9 Å². The fraction of sp³-hybridized carbons (Fsp3) is 0.375. The first kappa shape index (κ1) is 23.0. The molecule has 8 nitrogen and oxygen atoms in total. The van der Waals surface area contributed by atoms with Gasteiger partial charge in [-0.1, -0.05) is 12.1 Å². The number of piperidine rings is 1. The summed E-state index contributed by atoms with van der Waals surface area (Å²) in [5.74, 6) is -0.218. The maximum atomic E-state index is 13.2. The third-order valence-corrected chi connectivity index (χ3v) is 7.37. The number of aryl methyl sites for hydroxylation is 1. The predicted octanol–water partition coefficient (Wildman–Crippen LogP) is 3.62. The number of hydrogen-bond acceptors (Lipinski definition) is 5. The molecule has 0 bridgehead atoms. The van der Waals surface area contributed by atoms with Crippen LogP contribution in [-0.2, 0) is 22.2 Å². The van der Waals surface area contributed by atoms with E-state index in [9.17, 15) is 19.4 Å². The van der Waals surface area contributed by atoms with Gasteiger partial charge in [-0.2, -0.15) is 10.4 Å². The summed E-state index contributed by atoms with van der Waals surface area (Å²) in [5.41, 5.74) is 2.44. The Kier molecular flexibility index (Phi) is 6.77. The highest BCUT2D eigenvalue weighted by Gasteiger charge is 2.34. The van der Waals surface area contributed by atoms with Crippen molar-refractivity contribution < 1.29 is 18.8 Å². The molecule has 1 N–H and O–H groups in total. The molecule has 1 aliphatic rings. The molecule has 9 heteroatoms. The Bertz CT molecular complexity index is 1230. The lowest BCUT2D eigenvalue weighted by molar-refractivity contribution is -0.136. The van der Waals surface area contributed by atoms with Crippen LogP contribution < -0.4 is 4.74 Å². The van der Waals surface area contributed by atoms with Crippen LogP contribution in [0.3, 0.4) is 0 Å². The minimum Gasteiger partial charge on any atom is -0.494 e. The molecule has 2 aromatic carbocycles. The largest absolute Gasteiger partial charge is 0.494 e. The van der Waals surface area contributed by atoms with Crippen molar-refractivity contribution in [1.29, 1.82) is 5.26 Å². The molecule has 0 radical (unpaired) electrons. The normalized spacial score (nSPS) is 19.8. The van der Waals surface area contributed by atoms with Gasteiger partial charge in [-0.3, -0.25) is 9.48 Å². The van der Waals surface area contributed by atoms with Crippen LogP contribution in [0.15, 0.2) is 47.4 Å². The summed E-state index contributed by atoms with van der Waals surface area (Å²) in [5, 5.41) is 24.6. The van der Waals surface area contributed by atoms with Gasteiger partial charge in [-0.05, 0) is 62.6 Å². The molecular formula is C24H26N4O4S. The van der Waals surface area contributed by atoms with Gasteiger partial charge in [0.05, 0.1) is 41.2 Å². The maximum Gasteiger partial charge on any atom is 0.309 e. The van der Waals surface area contributed by atoms with Crippen LogP contribution >= 0.6 is 0 Å². The molecule has 4 rings (SSSR count). The number of ether oxygens (including phenoxy) is 1. The Morgan fingerprint density at radius 2 is 2.06 bits per heavy atom. The number of aromatic nitrogens is 2. The molecule has 1 saturated heterocycles. The van der Waals surface area contributed by atoms with E-state index in [4.69, 9.17) is 4.74 Å². The average molecular weight is 467 g/mol. The molecule has 0 amide bonds. The lowest BCUT2D eigenvalue weighted by atomic mass is 10.00. The molecule has 1 aromatic heterocycles. The summed E-state index contributed by atoms with van der Waals surface area (Å²) in [6.07, 6.45) is 0.948. The van der Waals surface area contributed by atoms with Gasteiger partial charge in [0.25, 0.3) is 0 Å². The number of nitrogens with zero attached hydrogens (tertiary/aromatic N) is 4. The second kappa shape index (κ2) is 9.73.